The molecule has 4 aromatic rings. The van der Waals surface area contributed by atoms with Crippen LogP contribution in [0.4, 0.5) is 11.6 Å². The van der Waals surface area contributed by atoms with Crippen LogP contribution in [0, 0.1) is 20.8 Å². The molecular formula is C26H26ClN5O2. The minimum Gasteiger partial charge on any atom is -0.394 e. The van der Waals surface area contributed by atoms with Crippen LogP contribution in [0.3, 0.4) is 0 Å². The number of hydrogen-bond acceptors (Lipinski definition) is 5. The highest BCUT2D eigenvalue weighted by Gasteiger charge is 2.18. The summed E-state index contributed by atoms with van der Waals surface area (Å²) in [6, 6.07) is 14.2. The van der Waals surface area contributed by atoms with E-state index < -0.39 is 6.04 Å². The first-order valence-electron chi connectivity index (χ1n) is 10.9. The molecule has 2 aromatic heterocycles. The minimum absolute atomic E-state index is 0.252. The van der Waals surface area contributed by atoms with E-state index in [0.29, 0.717) is 22.4 Å². The summed E-state index contributed by atoms with van der Waals surface area (Å²) in [5, 5.41) is 16.4. The molecule has 0 radical (unpaired) electrons. The van der Waals surface area contributed by atoms with Gasteiger partial charge in [0.15, 0.2) is 0 Å². The summed E-state index contributed by atoms with van der Waals surface area (Å²) in [5.41, 5.74) is 6.69. The number of hydrogen-bond donors (Lipinski definition) is 4. The maximum Gasteiger partial charge on any atom is 0.268 e. The van der Waals surface area contributed by atoms with E-state index in [1.54, 1.807) is 36.7 Å². The van der Waals surface area contributed by atoms with E-state index in [4.69, 9.17) is 11.6 Å². The molecule has 0 unspecified atom stereocenters. The standard InChI is InChI=1S/C26H26ClN5O2/c1-15-6-4-9-21(17(15)3)31-26-29-12-16(2)24(32-26)19-11-22(28-13-19)25(34)30-23(14-33)18-7-5-8-20(27)10-18/h4-13,23,28,33H,14H2,1-3H3,(H,30,34)(H,29,31,32)/t23-/m1/s1. The number of benzene rings is 2. The number of aliphatic hydroxyl groups excluding tert-OH is 1. The van der Waals surface area contributed by atoms with Crippen molar-refractivity contribution in [2.75, 3.05) is 11.9 Å². The number of amides is 1. The second kappa shape index (κ2) is 10.1. The van der Waals surface area contributed by atoms with E-state index in [2.05, 4.69) is 38.6 Å². The highest BCUT2D eigenvalue weighted by molar-refractivity contribution is 6.30. The average Bonchev–Trinajstić information content (AvgIpc) is 3.32. The van der Waals surface area contributed by atoms with E-state index in [9.17, 15) is 9.90 Å². The molecule has 8 heteroatoms. The number of carbonyl (C=O) groups excluding carboxylic acids is 1. The predicted molar refractivity (Wildman–Crippen MR) is 134 cm³/mol. The Bertz CT molecular complexity index is 1330. The van der Waals surface area contributed by atoms with Crippen LogP contribution in [0.2, 0.25) is 5.02 Å². The number of rotatable bonds is 7. The predicted octanol–water partition coefficient (Wildman–Crippen LogP) is 5.26. The highest BCUT2D eigenvalue weighted by atomic mass is 35.5. The lowest BCUT2D eigenvalue weighted by atomic mass is 10.1. The number of halogens is 1. The molecule has 0 fully saturated rings. The summed E-state index contributed by atoms with van der Waals surface area (Å²) < 4.78 is 0. The maximum atomic E-state index is 12.8. The van der Waals surface area contributed by atoms with Crippen LogP contribution in [0.25, 0.3) is 11.3 Å². The van der Waals surface area contributed by atoms with Gasteiger partial charge in [0.1, 0.15) is 5.69 Å². The van der Waals surface area contributed by atoms with Crippen molar-refractivity contribution in [1.82, 2.24) is 20.3 Å². The van der Waals surface area contributed by atoms with E-state index in [1.807, 2.05) is 32.0 Å². The normalized spacial score (nSPS) is 11.8. The van der Waals surface area contributed by atoms with Gasteiger partial charge in [-0.2, -0.15) is 0 Å². The molecule has 2 aromatic carbocycles. The summed E-state index contributed by atoms with van der Waals surface area (Å²) in [5.74, 6) is 0.133. The number of aromatic nitrogens is 3. The second-order valence-electron chi connectivity index (χ2n) is 8.16. The van der Waals surface area contributed by atoms with Gasteiger partial charge in [-0.05, 0) is 67.3 Å². The Kier molecular flexibility index (Phi) is 6.95. The first-order valence-corrected chi connectivity index (χ1v) is 11.3. The lowest BCUT2D eigenvalue weighted by Gasteiger charge is -2.16. The van der Waals surface area contributed by atoms with Gasteiger partial charge >= 0.3 is 0 Å². The number of anilines is 2. The lowest BCUT2D eigenvalue weighted by molar-refractivity contribution is 0.0911. The fraction of sp³-hybridized carbons (Fsp3) is 0.192. The Morgan fingerprint density at radius 3 is 2.68 bits per heavy atom. The largest absolute Gasteiger partial charge is 0.394 e. The van der Waals surface area contributed by atoms with E-state index >= 15 is 0 Å². The molecule has 2 heterocycles. The number of nitrogens with zero attached hydrogens (tertiary/aromatic N) is 2. The van der Waals surface area contributed by atoms with E-state index in [0.717, 1.165) is 27.9 Å². The van der Waals surface area contributed by atoms with Crippen LogP contribution in [0.1, 0.15) is 38.8 Å². The average molecular weight is 476 g/mol. The summed E-state index contributed by atoms with van der Waals surface area (Å²) in [6.45, 7) is 5.78. The molecular weight excluding hydrogens is 450 g/mol. The minimum atomic E-state index is -0.577. The number of aliphatic hydroxyl groups is 1. The summed E-state index contributed by atoms with van der Waals surface area (Å²) >= 11 is 6.05. The molecule has 7 nitrogen and oxygen atoms in total. The van der Waals surface area contributed by atoms with Crippen molar-refractivity contribution in [3.8, 4) is 11.3 Å². The monoisotopic (exact) mass is 475 g/mol. The Morgan fingerprint density at radius 2 is 1.91 bits per heavy atom. The van der Waals surface area contributed by atoms with Crippen LogP contribution >= 0.6 is 11.6 Å². The van der Waals surface area contributed by atoms with E-state index in [1.165, 1.54) is 5.56 Å². The Hall–Kier alpha value is -3.68. The Morgan fingerprint density at radius 1 is 1.12 bits per heavy atom. The molecule has 0 aliphatic heterocycles. The summed E-state index contributed by atoms with van der Waals surface area (Å²) in [4.78, 5) is 25.0. The first-order chi connectivity index (χ1) is 16.4. The van der Waals surface area contributed by atoms with Gasteiger partial charge < -0.3 is 20.7 Å². The van der Waals surface area contributed by atoms with Gasteiger partial charge in [-0.25, -0.2) is 9.97 Å². The number of H-pyrrole nitrogens is 1. The van der Waals surface area contributed by atoms with E-state index in [-0.39, 0.29) is 12.5 Å². The quantitative estimate of drug-likeness (QED) is 0.292. The zero-order valence-corrected chi connectivity index (χ0v) is 19.9. The fourth-order valence-electron chi connectivity index (χ4n) is 3.66. The van der Waals surface area contributed by atoms with Crippen molar-refractivity contribution in [3.63, 3.8) is 0 Å². The molecule has 0 saturated heterocycles. The van der Waals surface area contributed by atoms with Gasteiger partial charge in [0.2, 0.25) is 5.95 Å². The summed E-state index contributed by atoms with van der Waals surface area (Å²) in [6.07, 6.45) is 3.49. The fourth-order valence-corrected chi connectivity index (χ4v) is 3.86. The van der Waals surface area contributed by atoms with Gasteiger partial charge in [-0.1, -0.05) is 35.9 Å². The molecule has 4 rings (SSSR count). The second-order valence-corrected chi connectivity index (χ2v) is 8.60. The van der Waals surface area contributed by atoms with Crippen molar-refractivity contribution in [2.45, 2.75) is 26.8 Å². The van der Waals surface area contributed by atoms with Crippen LogP contribution in [-0.2, 0) is 0 Å². The van der Waals surface area contributed by atoms with Gasteiger partial charge in [-0.15, -0.1) is 0 Å². The zero-order valence-electron chi connectivity index (χ0n) is 19.2. The van der Waals surface area contributed by atoms with Crippen LogP contribution < -0.4 is 10.6 Å². The third kappa shape index (κ3) is 5.11. The molecule has 0 saturated carbocycles. The van der Waals surface area contributed by atoms with Gasteiger partial charge in [0.05, 0.1) is 18.3 Å². The summed E-state index contributed by atoms with van der Waals surface area (Å²) in [7, 11) is 0. The molecule has 4 N–H and O–H groups in total. The van der Waals surface area contributed by atoms with Gasteiger partial charge in [0.25, 0.3) is 5.91 Å². The van der Waals surface area contributed by atoms with Crippen molar-refractivity contribution in [3.05, 3.63) is 93.9 Å². The van der Waals surface area contributed by atoms with Crippen LogP contribution in [0.5, 0.6) is 0 Å². The molecule has 0 aliphatic rings. The van der Waals surface area contributed by atoms with Crippen molar-refractivity contribution >= 4 is 29.1 Å². The molecule has 1 amide bonds. The Balaban J connectivity index is 1.54. The molecule has 1 atom stereocenters. The molecule has 174 valence electrons. The first kappa shape index (κ1) is 23.5. The van der Waals surface area contributed by atoms with Gasteiger partial charge in [-0.3, -0.25) is 4.79 Å². The smallest absolute Gasteiger partial charge is 0.268 e. The third-order valence-corrected chi connectivity index (χ3v) is 6.00. The number of carbonyl (C=O) groups is 1. The molecule has 0 bridgehead atoms. The lowest BCUT2D eigenvalue weighted by Crippen LogP contribution is -2.31. The van der Waals surface area contributed by atoms with Crippen molar-refractivity contribution in [1.29, 1.82) is 0 Å². The molecule has 0 spiro atoms. The van der Waals surface area contributed by atoms with Crippen LogP contribution in [0.15, 0.2) is 60.9 Å². The van der Waals surface area contributed by atoms with Crippen LogP contribution in [-0.4, -0.2) is 32.6 Å². The Labute approximate surface area is 203 Å². The number of aryl methyl sites for hydroxylation is 2. The molecule has 0 aliphatic carbocycles. The van der Waals surface area contributed by atoms with Crippen molar-refractivity contribution < 1.29 is 9.90 Å². The van der Waals surface area contributed by atoms with Crippen molar-refractivity contribution in [2.24, 2.45) is 0 Å². The highest BCUT2D eigenvalue weighted by Crippen LogP contribution is 2.26. The molecule has 34 heavy (non-hydrogen) atoms. The SMILES string of the molecule is Cc1cnc(Nc2cccc(C)c2C)nc1-c1c[nH]c(C(=O)N[C@H](CO)c2cccc(Cl)c2)c1. The van der Waals surface area contributed by atoms with Gasteiger partial charge in [0, 0.05) is 28.7 Å². The number of aromatic amines is 1. The third-order valence-electron chi connectivity index (χ3n) is 5.76. The topological polar surface area (TPSA) is 103 Å². The number of nitrogens with one attached hydrogen (secondary N) is 3. The maximum absolute atomic E-state index is 12.8. The zero-order chi connectivity index (χ0) is 24.2.